The molecule has 2 heterocycles. The second-order valence-electron chi connectivity index (χ2n) is 5.23. The van der Waals surface area contributed by atoms with Crippen molar-refractivity contribution < 1.29 is 17.6 Å². The van der Waals surface area contributed by atoms with E-state index in [4.69, 9.17) is 4.42 Å². The van der Waals surface area contributed by atoms with Crippen molar-refractivity contribution in [2.75, 3.05) is 18.1 Å². The Morgan fingerprint density at radius 3 is 3.00 bits per heavy atom. The number of aromatic nitrogens is 2. The third-order valence-electron chi connectivity index (χ3n) is 3.31. The van der Waals surface area contributed by atoms with Crippen LogP contribution in [0.4, 0.5) is 0 Å². The Kier molecular flexibility index (Phi) is 5.63. The van der Waals surface area contributed by atoms with Gasteiger partial charge in [0.15, 0.2) is 9.84 Å². The number of hydrogen-bond acceptors (Lipinski definition) is 7. The number of carbonyl (C=O) groups excluding carboxylic acids is 1. The maximum absolute atomic E-state index is 11.7. The highest BCUT2D eigenvalue weighted by atomic mass is 32.2. The summed E-state index contributed by atoms with van der Waals surface area (Å²) >= 11 is 1.18. The Morgan fingerprint density at radius 2 is 2.36 bits per heavy atom. The number of sulfone groups is 1. The standard InChI is InChI=1S/C13H19N3O4S2/c1-3-5-14-12(17)9(2)21-13-16-15-11(20-13)7-10-4-6-22(18,19)8-10/h3,9-10H,1,4-8H2,2H3,(H,14,17)/t9-,10-/m0/s1. The minimum absolute atomic E-state index is 0.0385. The molecule has 1 aliphatic rings. The second-order valence-corrected chi connectivity index (χ2v) is 8.75. The van der Waals surface area contributed by atoms with Crippen LogP contribution in [0.2, 0.25) is 0 Å². The van der Waals surface area contributed by atoms with E-state index in [2.05, 4.69) is 22.1 Å². The Hall–Kier alpha value is -1.35. The number of nitrogens with one attached hydrogen (secondary N) is 1. The van der Waals surface area contributed by atoms with Crippen molar-refractivity contribution in [1.82, 2.24) is 15.5 Å². The van der Waals surface area contributed by atoms with Gasteiger partial charge in [0.2, 0.25) is 11.8 Å². The van der Waals surface area contributed by atoms with Crippen LogP contribution in [-0.2, 0) is 21.1 Å². The maximum atomic E-state index is 11.7. The highest BCUT2D eigenvalue weighted by molar-refractivity contribution is 8.00. The van der Waals surface area contributed by atoms with E-state index < -0.39 is 9.84 Å². The first-order chi connectivity index (χ1) is 10.4. The number of rotatable bonds is 7. The number of thioether (sulfide) groups is 1. The van der Waals surface area contributed by atoms with E-state index in [0.717, 1.165) is 0 Å². The van der Waals surface area contributed by atoms with Crippen molar-refractivity contribution in [1.29, 1.82) is 0 Å². The van der Waals surface area contributed by atoms with E-state index in [1.54, 1.807) is 13.0 Å². The monoisotopic (exact) mass is 345 g/mol. The molecule has 0 spiro atoms. The summed E-state index contributed by atoms with van der Waals surface area (Å²) in [6.07, 6.45) is 2.70. The van der Waals surface area contributed by atoms with Crippen LogP contribution in [0.3, 0.4) is 0 Å². The summed E-state index contributed by atoms with van der Waals surface area (Å²) in [4.78, 5) is 11.7. The molecular weight excluding hydrogens is 326 g/mol. The molecule has 0 aliphatic carbocycles. The lowest BCUT2D eigenvalue weighted by atomic mass is 10.1. The van der Waals surface area contributed by atoms with E-state index >= 15 is 0 Å². The van der Waals surface area contributed by atoms with Crippen molar-refractivity contribution in [3.05, 3.63) is 18.5 Å². The molecule has 22 heavy (non-hydrogen) atoms. The molecule has 2 atom stereocenters. The highest BCUT2D eigenvalue weighted by Gasteiger charge is 2.29. The third-order valence-corrected chi connectivity index (χ3v) is 6.08. The molecule has 0 unspecified atom stereocenters. The van der Waals surface area contributed by atoms with E-state index in [-0.39, 0.29) is 28.6 Å². The summed E-state index contributed by atoms with van der Waals surface area (Å²) < 4.78 is 28.3. The van der Waals surface area contributed by atoms with E-state index in [9.17, 15) is 13.2 Å². The Bertz CT molecular complexity index is 641. The van der Waals surface area contributed by atoms with Gasteiger partial charge in [0, 0.05) is 13.0 Å². The minimum Gasteiger partial charge on any atom is -0.416 e. The number of nitrogens with zero attached hydrogens (tertiary/aromatic N) is 2. The zero-order valence-electron chi connectivity index (χ0n) is 12.3. The zero-order chi connectivity index (χ0) is 16.2. The molecule has 1 aliphatic heterocycles. The topological polar surface area (TPSA) is 102 Å². The SMILES string of the molecule is C=CCNC(=O)[C@H](C)Sc1nnc(C[C@@H]2CCS(=O)(=O)C2)o1. The van der Waals surface area contributed by atoms with Gasteiger partial charge in [0.1, 0.15) is 0 Å². The average Bonchev–Trinajstić information content (AvgIpc) is 3.02. The van der Waals surface area contributed by atoms with Crippen LogP contribution in [0.15, 0.2) is 22.3 Å². The molecule has 1 aromatic heterocycles. The predicted molar refractivity (Wildman–Crippen MR) is 83.3 cm³/mol. The summed E-state index contributed by atoms with van der Waals surface area (Å²) in [7, 11) is -2.90. The first kappa shape index (κ1) is 17.0. The first-order valence-corrected chi connectivity index (χ1v) is 9.68. The van der Waals surface area contributed by atoms with Crippen molar-refractivity contribution >= 4 is 27.5 Å². The van der Waals surface area contributed by atoms with Gasteiger partial charge >= 0.3 is 0 Å². The zero-order valence-corrected chi connectivity index (χ0v) is 14.0. The smallest absolute Gasteiger partial charge is 0.277 e. The van der Waals surface area contributed by atoms with Crippen LogP contribution < -0.4 is 5.32 Å². The van der Waals surface area contributed by atoms with Crippen LogP contribution in [0.5, 0.6) is 0 Å². The second kappa shape index (κ2) is 7.28. The number of carbonyl (C=O) groups is 1. The summed E-state index contributed by atoms with van der Waals surface area (Å²) in [6, 6.07) is 0. The lowest BCUT2D eigenvalue weighted by Crippen LogP contribution is -2.30. The molecule has 1 N–H and O–H groups in total. The van der Waals surface area contributed by atoms with Gasteiger partial charge in [-0.2, -0.15) is 0 Å². The maximum Gasteiger partial charge on any atom is 0.277 e. The first-order valence-electron chi connectivity index (χ1n) is 6.97. The van der Waals surface area contributed by atoms with Gasteiger partial charge < -0.3 is 9.73 Å². The van der Waals surface area contributed by atoms with Crippen LogP contribution in [-0.4, -0.2) is 47.8 Å². The summed E-state index contributed by atoms with van der Waals surface area (Å²) in [6.45, 7) is 5.69. The molecule has 7 nitrogen and oxygen atoms in total. The van der Waals surface area contributed by atoms with Gasteiger partial charge in [0.05, 0.1) is 16.8 Å². The van der Waals surface area contributed by atoms with Gasteiger partial charge in [0.25, 0.3) is 5.22 Å². The van der Waals surface area contributed by atoms with Crippen molar-refractivity contribution in [3.8, 4) is 0 Å². The molecule has 1 saturated heterocycles. The molecule has 1 fully saturated rings. The van der Waals surface area contributed by atoms with Gasteiger partial charge in [-0.3, -0.25) is 4.79 Å². The molecule has 1 amide bonds. The van der Waals surface area contributed by atoms with Crippen LogP contribution in [0.1, 0.15) is 19.2 Å². The van der Waals surface area contributed by atoms with E-state index in [1.807, 2.05) is 0 Å². The van der Waals surface area contributed by atoms with Crippen LogP contribution in [0, 0.1) is 5.92 Å². The Labute approximate surface area is 133 Å². The molecule has 9 heteroatoms. The predicted octanol–water partition coefficient (Wildman–Crippen LogP) is 0.830. The summed E-state index contributed by atoms with van der Waals surface area (Å²) in [5, 5.41) is 10.5. The summed E-state index contributed by atoms with van der Waals surface area (Å²) in [5.41, 5.74) is 0. The van der Waals surface area contributed by atoms with Crippen molar-refractivity contribution in [2.45, 2.75) is 30.2 Å². The number of amides is 1. The lowest BCUT2D eigenvalue weighted by Gasteiger charge is -2.07. The molecule has 122 valence electrons. The fourth-order valence-corrected chi connectivity index (χ4v) is 4.76. The Balaban J connectivity index is 1.86. The van der Waals surface area contributed by atoms with E-state index in [0.29, 0.717) is 30.5 Å². The van der Waals surface area contributed by atoms with Crippen LogP contribution in [0.25, 0.3) is 0 Å². The van der Waals surface area contributed by atoms with Gasteiger partial charge in [-0.05, 0) is 19.3 Å². The molecule has 0 aromatic carbocycles. The van der Waals surface area contributed by atoms with Crippen molar-refractivity contribution in [2.24, 2.45) is 5.92 Å². The largest absolute Gasteiger partial charge is 0.416 e. The highest BCUT2D eigenvalue weighted by Crippen LogP contribution is 2.25. The van der Waals surface area contributed by atoms with Crippen LogP contribution >= 0.6 is 11.8 Å². The molecule has 1 aromatic rings. The van der Waals surface area contributed by atoms with Crippen molar-refractivity contribution in [3.63, 3.8) is 0 Å². The fourth-order valence-electron chi connectivity index (χ4n) is 2.17. The molecule has 0 radical (unpaired) electrons. The lowest BCUT2D eigenvalue weighted by molar-refractivity contribution is -0.120. The molecule has 0 bridgehead atoms. The quantitative estimate of drug-likeness (QED) is 0.577. The fraction of sp³-hybridized carbons (Fsp3) is 0.615. The number of hydrogen-bond donors (Lipinski definition) is 1. The normalized spacial score (nSPS) is 21.4. The van der Waals surface area contributed by atoms with Gasteiger partial charge in [-0.15, -0.1) is 16.8 Å². The minimum atomic E-state index is -2.90. The molecular formula is C13H19N3O4S2. The van der Waals surface area contributed by atoms with Gasteiger partial charge in [-0.25, -0.2) is 8.42 Å². The van der Waals surface area contributed by atoms with Gasteiger partial charge in [-0.1, -0.05) is 17.8 Å². The Morgan fingerprint density at radius 1 is 1.59 bits per heavy atom. The molecule has 0 saturated carbocycles. The van der Waals surface area contributed by atoms with E-state index in [1.165, 1.54) is 11.8 Å². The third kappa shape index (κ3) is 4.84. The summed E-state index contributed by atoms with van der Waals surface area (Å²) in [5.74, 6) is 0.734. The average molecular weight is 345 g/mol. The molecule has 2 rings (SSSR count).